The number of rotatable bonds is 10. The van der Waals surface area contributed by atoms with Crippen LogP contribution in [0.2, 0.25) is 0 Å². The van der Waals surface area contributed by atoms with E-state index < -0.39 is 17.7 Å². The van der Waals surface area contributed by atoms with Crippen LogP contribution in [-0.4, -0.2) is 41.1 Å². The van der Waals surface area contributed by atoms with Gasteiger partial charge >= 0.3 is 5.91 Å². The van der Waals surface area contributed by atoms with Crippen molar-refractivity contribution in [1.82, 2.24) is 10.2 Å². The van der Waals surface area contributed by atoms with E-state index in [9.17, 15) is 19.1 Å². The highest BCUT2D eigenvalue weighted by atomic mass is 32.2. The number of thioether (sulfide) groups is 1. The number of hydrogen-bond acceptors (Lipinski definition) is 9. The first kappa shape index (κ1) is 32.0. The van der Waals surface area contributed by atoms with E-state index in [0.29, 0.717) is 39.1 Å². The van der Waals surface area contributed by atoms with Crippen molar-refractivity contribution in [3.05, 3.63) is 136 Å². The van der Waals surface area contributed by atoms with Gasteiger partial charge in [-0.2, -0.15) is 0 Å². The summed E-state index contributed by atoms with van der Waals surface area (Å²) >= 11 is 2.41. The summed E-state index contributed by atoms with van der Waals surface area (Å²) in [6.45, 7) is 2.40. The minimum atomic E-state index is -0.958. The number of aromatic nitrogens is 2. The summed E-state index contributed by atoms with van der Waals surface area (Å²) in [7, 11) is 3.83. The minimum absolute atomic E-state index is 0.0584. The lowest BCUT2D eigenvalue weighted by molar-refractivity contribution is -0.132. The minimum Gasteiger partial charge on any atom is -0.507 e. The van der Waals surface area contributed by atoms with Crippen molar-refractivity contribution in [2.75, 3.05) is 23.9 Å². The predicted molar refractivity (Wildman–Crippen MR) is 183 cm³/mol. The molecule has 1 N–H and O–H groups in total. The van der Waals surface area contributed by atoms with Gasteiger partial charge in [-0.05, 0) is 71.6 Å². The third-order valence-corrected chi connectivity index (χ3v) is 9.97. The second kappa shape index (κ2) is 13.8. The van der Waals surface area contributed by atoms with Crippen LogP contribution in [0.25, 0.3) is 5.76 Å². The van der Waals surface area contributed by atoms with Gasteiger partial charge < -0.3 is 14.7 Å². The Morgan fingerprint density at radius 2 is 1.62 bits per heavy atom. The number of carbonyl (C=O) groups excluding carboxylic acids is 2. The molecule has 1 atom stereocenters. The molecule has 1 amide bonds. The maximum absolute atomic E-state index is 14.2. The van der Waals surface area contributed by atoms with E-state index in [1.54, 1.807) is 42.5 Å². The fourth-order valence-corrected chi connectivity index (χ4v) is 7.06. The fourth-order valence-electron chi connectivity index (χ4n) is 5.21. The van der Waals surface area contributed by atoms with Gasteiger partial charge in [0.1, 0.15) is 23.9 Å². The molecular weight excluding hydrogens is 636 g/mol. The number of anilines is 2. The smallest absolute Gasteiger partial charge is 0.301 e. The second-order valence-electron chi connectivity index (χ2n) is 11.1. The van der Waals surface area contributed by atoms with Gasteiger partial charge in [0.15, 0.2) is 4.34 Å². The van der Waals surface area contributed by atoms with Crippen LogP contribution in [0.5, 0.6) is 5.75 Å². The first-order chi connectivity index (χ1) is 22.7. The lowest BCUT2D eigenvalue weighted by atomic mass is 9.95. The predicted octanol–water partition coefficient (Wildman–Crippen LogP) is 7.55. The average molecular weight is 667 g/mol. The molecular formula is C36H31FN4O4S2. The molecule has 0 aliphatic carbocycles. The third-order valence-electron chi connectivity index (χ3n) is 7.86. The molecule has 11 heteroatoms. The highest BCUT2D eigenvalue weighted by Crippen LogP contribution is 2.44. The molecule has 6 rings (SSSR count). The third kappa shape index (κ3) is 6.77. The van der Waals surface area contributed by atoms with Gasteiger partial charge in [0, 0.05) is 31.1 Å². The number of aryl methyl sites for hydroxylation is 1. The average Bonchev–Trinajstić information content (AvgIpc) is 3.65. The Morgan fingerprint density at radius 1 is 0.936 bits per heavy atom. The molecule has 0 bridgehead atoms. The van der Waals surface area contributed by atoms with Crippen LogP contribution in [0.1, 0.15) is 33.9 Å². The number of aliphatic hydroxyl groups is 1. The maximum Gasteiger partial charge on any atom is 0.301 e. The molecule has 0 saturated carbocycles. The SMILES string of the molecule is Cc1ccccc1COc1ccc(C(O)=C2C(=O)C(=O)N(c3nnc(SCc4ccccc4F)s3)C2c2ccc(N(C)C)cc2)cc1. The van der Waals surface area contributed by atoms with Gasteiger partial charge in [-0.1, -0.05) is 77.7 Å². The quantitative estimate of drug-likeness (QED) is 0.0537. The standard InChI is InChI=1S/C36H31FN4O4S2/c1-22-8-4-5-9-25(22)20-45-28-18-14-24(15-19-28)32(42)30-31(23-12-16-27(17-13-23)40(2)3)41(34(44)33(30)43)35-38-39-36(47-35)46-21-26-10-6-7-11-29(26)37/h4-19,31,42H,20-21H2,1-3H3. The molecule has 238 valence electrons. The molecule has 1 aromatic heterocycles. The molecule has 1 aliphatic rings. The highest BCUT2D eigenvalue weighted by Gasteiger charge is 2.48. The van der Waals surface area contributed by atoms with Crippen LogP contribution < -0.4 is 14.5 Å². The summed E-state index contributed by atoms with van der Waals surface area (Å²) in [5.74, 6) is -1.37. The summed E-state index contributed by atoms with van der Waals surface area (Å²) in [6, 6.07) is 27.6. The van der Waals surface area contributed by atoms with Crippen LogP contribution in [0.4, 0.5) is 15.2 Å². The van der Waals surface area contributed by atoms with E-state index in [2.05, 4.69) is 10.2 Å². The van der Waals surface area contributed by atoms with Crippen LogP contribution >= 0.6 is 23.1 Å². The number of carbonyl (C=O) groups is 2. The zero-order valence-corrected chi connectivity index (χ0v) is 27.5. The second-order valence-corrected chi connectivity index (χ2v) is 13.3. The number of aliphatic hydroxyl groups excluding tert-OH is 1. The molecule has 0 radical (unpaired) electrons. The molecule has 47 heavy (non-hydrogen) atoms. The Morgan fingerprint density at radius 3 is 2.30 bits per heavy atom. The molecule has 1 saturated heterocycles. The van der Waals surface area contributed by atoms with Gasteiger partial charge in [0.05, 0.1) is 11.6 Å². The van der Waals surface area contributed by atoms with E-state index in [-0.39, 0.29) is 22.3 Å². The first-order valence-electron chi connectivity index (χ1n) is 14.8. The monoisotopic (exact) mass is 666 g/mol. The first-order valence-corrected chi connectivity index (χ1v) is 16.6. The van der Waals surface area contributed by atoms with Gasteiger partial charge in [0.2, 0.25) is 5.13 Å². The number of halogens is 1. The van der Waals surface area contributed by atoms with E-state index >= 15 is 0 Å². The molecule has 8 nitrogen and oxygen atoms in total. The van der Waals surface area contributed by atoms with Crippen LogP contribution in [0.15, 0.2) is 107 Å². The van der Waals surface area contributed by atoms with E-state index in [4.69, 9.17) is 4.74 Å². The van der Waals surface area contributed by atoms with Crippen molar-refractivity contribution in [3.8, 4) is 5.75 Å². The summed E-state index contributed by atoms with van der Waals surface area (Å²) in [5, 5.41) is 20.2. The Labute approximate surface area is 280 Å². The number of nitrogens with zero attached hydrogens (tertiary/aromatic N) is 4. The summed E-state index contributed by atoms with van der Waals surface area (Å²) in [6.07, 6.45) is 0. The van der Waals surface area contributed by atoms with Crippen molar-refractivity contribution >= 4 is 51.4 Å². The molecule has 0 spiro atoms. The van der Waals surface area contributed by atoms with Crippen molar-refractivity contribution in [2.24, 2.45) is 0 Å². The molecule has 1 aliphatic heterocycles. The molecule has 4 aromatic carbocycles. The zero-order valence-electron chi connectivity index (χ0n) is 25.9. The van der Waals surface area contributed by atoms with E-state index in [0.717, 1.165) is 28.2 Å². The van der Waals surface area contributed by atoms with Crippen molar-refractivity contribution in [3.63, 3.8) is 0 Å². The van der Waals surface area contributed by atoms with E-state index in [1.165, 1.54) is 22.7 Å². The highest BCUT2D eigenvalue weighted by molar-refractivity contribution is 8.00. The van der Waals surface area contributed by atoms with Crippen molar-refractivity contribution < 1.29 is 23.8 Å². The van der Waals surface area contributed by atoms with Gasteiger partial charge in [-0.15, -0.1) is 10.2 Å². The van der Waals surface area contributed by atoms with Crippen molar-refractivity contribution in [1.29, 1.82) is 0 Å². The number of Topliss-reactive ketones (excluding diaryl/α,β-unsaturated/α-hetero) is 1. The number of ketones is 1. The Hall–Kier alpha value is -5.00. The molecule has 5 aromatic rings. The molecule has 2 heterocycles. The lowest BCUT2D eigenvalue weighted by Crippen LogP contribution is -2.29. The summed E-state index contributed by atoms with van der Waals surface area (Å²) in [5.41, 5.74) is 4.54. The molecule has 1 fully saturated rings. The summed E-state index contributed by atoms with van der Waals surface area (Å²) < 4.78 is 20.6. The lowest BCUT2D eigenvalue weighted by Gasteiger charge is -2.23. The van der Waals surface area contributed by atoms with Gasteiger partial charge in [-0.25, -0.2) is 4.39 Å². The van der Waals surface area contributed by atoms with E-state index in [1.807, 2.05) is 74.4 Å². The molecule has 1 unspecified atom stereocenters. The Kier molecular flexibility index (Phi) is 9.37. The summed E-state index contributed by atoms with van der Waals surface area (Å²) in [4.78, 5) is 30.5. The van der Waals surface area contributed by atoms with Gasteiger partial charge in [0.25, 0.3) is 5.78 Å². The van der Waals surface area contributed by atoms with Crippen molar-refractivity contribution in [2.45, 2.75) is 29.7 Å². The van der Waals surface area contributed by atoms with Crippen LogP contribution in [-0.2, 0) is 21.9 Å². The normalized spacial score (nSPS) is 15.7. The largest absolute Gasteiger partial charge is 0.507 e. The number of benzene rings is 4. The maximum atomic E-state index is 14.2. The fraction of sp³-hybridized carbons (Fsp3) is 0.167. The number of ether oxygens (including phenoxy) is 1. The topological polar surface area (TPSA) is 95.9 Å². The number of amides is 1. The Balaban J connectivity index is 1.32. The Bertz CT molecular complexity index is 1960. The number of hydrogen-bond donors (Lipinski definition) is 1. The zero-order chi connectivity index (χ0) is 33.1. The van der Waals surface area contributed by atoms with Crippen LogP contribution in [0, 0.1) is 12.7 Å². The van der Waals surface area contributed by atoms with Gasteiger partial charge in [-0.3, -0.25) is 14.5 Å². The van der Waals surface area contributed by atoms with Crippen LogP contribution in [0.3, 0.4) is 0 Å².